The zero-order valence-electron chi connectivity index (χ0n) is 16.5. The van der Waals surface area contributed by atoms with Crippen LogP contribution in [0.1, 0.15) is 12.5 Å². The Morgan fingerprint density at radius 2 is 1.13 bits per heavy atom. The highest BCUT2D eigenvalue weighted by Crippen LogP contribution is 2.32. The van der Waals surface area contributed by atoms with Crippen LogP contribution in [0.5, 0.6) is 0 Å². The molecule has 5 nitrogen and oxygen atoms in total. The molecule has 4 rings (SSSR count). The van der Waals surface area contributed by atoms with Crippen molar-refractivity contribution in [1.29, 1.82) is 0 Å². The maximum Gasteiger partial charge on any atom is 0.264 e. The van der Waals surface area contributed by atoms with Gasteiger partial charge in [0.15, 0.2) is 0 Å². The van der Waals surface area contributed by atoms with Crippen LogP contribution in [0.4, 0.5) is 5.95 Å². The Morgan fingerprint density at radius 3 is 1.57 bits per heavy atom. The third-order valence-electron chi connectivity index (χ3n) is 4.73. The number of hydrogen-bond acceptors (Lipinski definition) is 4. The molecule has 1 aromatic heterocycles. The minimum absolute atomic E-state index is 0.0498. The Balaban J connectivity index is 1.89. The predicted molar refractivity (Wildman–Crippen MR) is 120 cm³/mol. The Labute approximate surface area is 176 Å². The fraction of sp³-hybridized carbons (Fsp3) is 0.0833. The van der Waals surface area contributed by atoms with Gasteiger partial charge in [-0.05, 0) is 18.6 Å². The summed E-state index contributed by atoms with van der Waals surface area (Å²) in [4.78, 5) is 9.38. The topological polar surface area (TPSA) is 72.0 Å². The van der Waals surface area contributed by atoms with Gasteiger partial charge in [-0.25, -0.2) is 23.1 Å². The summed E-state index contributed by atoms with van der Waals surface area (Å²) in [6, 6.07) is 27.7. The third-order valence-corrected chi connectivity index (χ3v) is 6.08. The van der Waals surface area contributed by atoms with Gasteiger partial charge in [0, 0.05) is 16.7 Å². The van der Waals surface area contributed by atoms with E-state index >= 15 is 0 Å². The lowest BCUT2D eigenvalue weighted by Crippen LogP contribution is -2.16. The number of sulfonamides is 1. The van der Waals surface area contributed by atoms with Crippen molar-refractivity contribution < 1.29 is 8.42 Å². The minimum atomic E-state index is -3.81. The second-order valence-electron chi connectivity index (χ2n) is 6.73. The summed E-state index contributed by atoms with van der Waals surface area (Å²) in [5.74, 6) is 0.0498. The molecule has 30 heavy (non-hydrogen) atoms. The lowest BCUT2D eigenvalue weighted by atomic mass is 9.98. The highest BCUT2D eigenvalue weighted by Gasteiger charge is 2.20. The largest absolute Gasteiger partial charge is 0.264 e. The average molecular weight is 416 g/mol. The molecule has 0 atom stereocenters. The van der Waals surface area contributed by atoms with Gasteiger partial charge < -0.3 is 0 Å². The first-order valence-electron chi connectivity index (χ1n) is 9.68. The van der Waals surface area contributed by atoms with Crippen LogP contribution in [0, 0.1) is 0 Å². The summed E-state index contributed by atoms with van der Waals surface area (Å²) in [5, 5.41) is 0. The number of benzene rings is 3. The van der Waals surface area contributed by atoms with Gasteiger partial charge in [0.05, 0.1) is 16.3 Å². The van der Waals surface area contributed by atoms with E-state index in [1.54, 1.807) is 30.3 Å². The number of anilines is 1. The van der Waals surface area contributed by atoms with Gasteiger partial charge in [0.1, 0.15) is 0 Å². The molecule has 0 spiro atoms. The molecule has 4 aromatic rings. The van der Waals surface area contributed by atoms with Gasteiger partial charge >= 0.3 is 0 Å². The van der Waals surface area contributed by atoms with Crippen molar-refractivity contribution in [3.05, 3.63) is 96.6 Å². The maximum atomic E-state index is 12.9. The smallest absolute Gasteiger partial charge is 0.247 e. The van der Waals surface area contributed by atoms with E-state index in [0.29, 0.717) is 6.42 Å². The number of rotatable bonds is 6. The Morgan fingerprint density at radius 1 is 0.700 bits per heavy atom. The van der Waals surface area contributed by atoms with Gasteiger partial charge in [-0.15, -0.1) is 0 Å². The van der Waals surface area contributed by atoms with Crippen LogP contribution in [0.2, 0.25) is 0 Å². The van der Waals surface area contributed by atoms with Gasteiger partial charge in [0.25, 0.3) is 10.0 Å². The molecule has 6 heteroatoms. The second-order valence-corrected chi connectivity index (χ2v) is 8.41. The lowest BCUT2D eigenvalue weighted by molar-refractivity contribution is 0.601. The zero-order chi connectivity index (χ0) is 21.0. The molecule has 3 aromatic carbocycles. The summed E-state index contributed by atoms with van der Waals surface area (Å²) >= 11 is 0. The number of nitrogens with zero attached hydrogens (tertiary/aromatic N) is 2. The molecule has 1 N–H and O–H groups in total. The van der Waals surface area contributed by atoms with E-state index in [0.717, 1.165) is 28.1 Å². The van der Waals surface area contributed by atoms with Crippen molar-refractivity contribution in [2.45, 2.75) is 18.2 Å². The molecule has 0 fully saturated rings. The van der Waals surface area contributed by atoms with E-state index in [-0.39, 0.29) is 10.8 Å². The van der Waals surface area contributed by atoms with Gasteiger partial charge in [-0.1, -0.05) is 85.8 Å². The molecule has 0 radical (unpaired) electrons. The van der Waals surface area contributed by atoms with Gasteiger partial charge in [0.2, 0.25) is 5.95 Å². The fourth-order valence-corrected chi connectivity index (χ4v) is 4.28. The molecular weight excluding hydrogens is 394 g/mol. The average Bonchev–Trinajstić information content (AvgIpc) is 2.80. The molecule has 0 aliphatic carbocycles. The highest BCUT2D eigenvalue weighted by molar-refractivity contribution is 7.92. The van der Waals surface area contributed by atoms with E-state index in [4.69, 9.17) is 0 Å². The molecule has 0 unspecified atom stereocenters. The summed E-state index contributed by atoms with van der Waals surface area (Å²) in [6.07, 6.45) is 0.709. The predicted octanol–water partition coefficient (Wildman–Crippen LogP) is 5.17. The molecule has 0 amide bonds. The van der Waals surface area contributed by atoms with E-state index in [9.17, 15) is 8.42 Å². The Kier molecular flexibility index (Phi) is 5.59. The van der Waals surface area contributed by atoms with Crippen LogP contribution in [0.25, 0.3) is 22.5 Å². The molecule has 0 bridgehead atoms. The SMILES string of the molecule is CCc1c(-c2ccccc2)nc(NS(=O)(=O)c2ccccc2)nc1-c1ccccc1. The van der Waals surface area contributed by atoms with Crippen LogP contribution in [0.15, 0.2) is 95.9 Å². The maximum absolute atomic E-state index is 12.9. The number of hydrogen-bond donors (Lipinski definition) is 1. The highest BCUT2D eigenvalue weighted by atomic mass is 32.2. The van der Waals surface area contributed by atoms with E-state index in [1.165, 1.54) is 0 Å². The van der Waals surface area contributed by atoms with Crippen molar-refractivity contribution in [3.63, 3.8) is 0 Å². The van der Waals surface area contributed by atoms with E-state index < -0.39 is 10.0 Å². The molecule has 0 saturated heterocycles. The molecule has 150 valence electrons. The number of aromatic nitrogens is 2. The normalized spacial score (nSPS) is 11.2. The minimum Gasteiger partial charge on any atom is -0.247 e. The summed E-state index contributed by atoms with van der Waals surface area (Å²) in [6.45, 7) is 2.05. The molecule has 1 heterocycles. The molecule has 0 aliphatic heterocycles. The van der Waals surface area contributed by atoms with E-state index in [1.807, 2.05) is 67.6 Å². The van der Waals surface area contributed by atoms with Crippen molar-refractivity contribution in [1.82, 2.24) is 9.97 Å². The standard InChI is InChI=1S/C24H21N3O2S/c1-2-21-22(18-12-6-3-7-13-18)25-24(26-23(21)19-14-8-4-9-15-19)27-30(28,29)20-16-10-5-11-17-20/h3-17H,2H2,1H3,(H,25,26,27). The van der Waals surface area contributed by atoms with E-state index in [2.05, 4.69) is 14.7 Å². The van der Waals surface area contributed by atoms with Gasteiger partial charge in [-0.3, -0.25) is 0 Å². The summed E-state index contributed by atoms with van der Waals surface area (Å²) in [5.41, 5.74) is 4.23. The fourth-order valence-electron chi connectivity index (χ4n) is 3.31. The van der Waals surface area contributed by atoms with Crippen LogP contribution >= 0.6 is 0 Å². The van der Waals surface area contributed by atoms with Crippen molar-refractivity contribution in [2.24, 2.45) is 0 Å². The summed E-state index contributed by atoms with van der Waals surface area (Å²) in [7, 11) is -3.81. The van der Waals surface area contributed by atoms with Crippen LogP contribution in [-0.2, 0) is 16.4 Å². The van der Waals surface area contributed by atoms with Crippen LogP contribution < -0.4 is 4.72 Å². The van der Waals surface area contributed by atoms with Crippen LogP contribution in [-0.4, -0.2) is 18.4 Å². The van der Waals surface area contributed by atoms with Crippen LogP contribution in [0.3, 0.4) is 0 Å². The Hall–Kier alpha value is -3.51. The quantitative estimate of drug-likeness (QED) is 0.471. The van der Waals surface area contributed by atoms with Gasteiger partial charge in [-0.2, -0.15) is 0 Å². The lowest BCUT2D eigenvalue weighted by Gasteiger charge is -2.16. The van der Waals surface area contributed by atoms with Crippen molar-refractivity contribution >= 4 is 16.0 Å². The van der Waals surface area contributed by atoms with Crippen molar-refractivity contribution in [2.75, 3.05) is 4.72 Å². The second kappa shape index (κ2) is 8.47. The zero-order valence-corrected chi connectivity index (χ0v) is 17.3. The Bertz CT molecular complexity index is 1180. The summed E-state index contributed by atoms with van der Waals surface area (Å²) < 4.78 is 28.3. The molecular formula is C24H21N3O2S. The molecule has 0 aliphatic rings. The number of nitrogens with one attached hydrogen (secondary N) is 1. The first kappa shape index (κ1) is 19.8. The first-order chi connectivity index (χ1) is 14.6. The molecule has 0 saturated carbocycles. The monoisotopic (exact) mass is 415 g/mol. The van der Waals surface area contributed by atoms with Crippen molar-refractivity contribution in [3.8, 4) is 22.5 Å². The third kappa shape index (κ3) is 4.09. The first-order valence-corrected chi connectivity index (χ1v) is 11.2.